The van der Waals surface area contributed by atoms with Crippen LogP contribution in [0.25, 0.3) is 16.6 Å². The average molecular weight is 330 g/mol. The highest BCUT2D eigenvalue weighted by Gasteiger charge is 2.22. The first kappa shape index (κ1) is 14.7. The molecule has 0 bridgehead atoms. The molecule has 1 saturated heterocycles. The molecule has 5 rings (SSSR count). The Bertz CT molecular complexity index is 1000. The third-order valence-electron chi connectivity index (χ3n) is 5.49. The summed E-state index contributed by atoms with van der Waals surface area (Å²) in [6, 6.07) is 15.4. The van der Waals surface area contributed by atoms with E-state index in [1.807, 2.05) is 12.4 Å². The van der Waals surface area contributed by atoms with E-state index < -0.39 is 0 Å². The molecule has 0 amide bonds. The van der Waals surface area contributed by atoms with Crippen molar-refractivity contribution >= 4 is 16.6 Å². The molecule has 1 aromatic carbocycles. The van der Waals surface area contributed by atoms with Gasteiger partial charge in [-0.25, -0.2) is 4.98 Å². The van der Waals surface area contributed by atoms with Gasteiger partial charge < -0.3 is 9.38 Å². The number of aromatic amines is 1. The smallest absolute Gasteiger partial charge is 0.136 e. The molecule has 4 aromatic rings. The Morgan fingerprint density at radius 1 is 1.08 bits per heavy atom. The Morgan fingerprint density at radius 2 is 2.00 bits per heavy atom. The lowest BCUT2D eigenvalue weighted by molar-refractivity contribution is 0.203. The van der Waals surface area contributed by atoms with E-state index in [-0.39, 0.29) is 0 Å². The molecule has 1 fully saturated rings. The van der Waals surface area contributed by atoms with Crippen LogP contribution in [0.3, 0.4) is 0 Å². The SMILES string of the molecule is c1cc(C2CCN(Cc3ccc4cc[nH]c4c3)CC2)n2ccnc2c1. The van der Waals surface area contributed by atoms with Gasteiger partial charge in [0, 0.05) is 42.3 Å². The minimum atomic E-state index is 0.625. The molecule has 126 valence electrons. The first-order valence-electron chi connectivity index (χ1n) is 9.07. The van der Waals surface area contributed by atoms with Crippen LogP contribution in [0.4, 0.5) is 0 Å². The van der Waals surface area contributed by atoms with Crippen molar-refractivity contribution in [3.05, 3.63) is 72.3 Å². The van der Waals surface area contributed by atoms with Crippen molar-refractivity contribution in [3.8, 4) is 0 Å². The van der Waals surface area contributed by atoms with Crippen LogP contribution < -0.4 is 0 Å². The largest absolute Gasteiger partial charge is 0.361 e. The normalized spacial score (nSPS) is 16.8. The second-order valence-corrected chi connectivity index (χ2v) is 7.06. The number of rotatable bonds is 3. The fourth-order valence-electron chi connectivity index (χ4n) is 4.14. The zero-order valence-electron chi connectivity index (χ0n) is 14.2. The molecular weight excluding hydrogens is 308 g/mol. The van der Waals surface area contributed by atoms with Crippen molar-refractivity contribution < 1.29 is 0 Å². The number of aromatic nitrogens is 3. The zero-order chi connectivity index (χ0) is 16.6. The van der Waals surface area contributed by atoms with E-state index >= 15 is 0 Å². The molecule has 0 spiro atoms. The number of hydrogen-bond acceptors (Lipinski definition) is 2. The summed E-state index contributed by atoms with van der Waals surface area (Å²) in [7, 11) is 0. The molecule has 4 nitrogen and oxygen atoms in total. The number of imidazole rings is 1. The van der Waals surface area contributed by atoms with E-state index in [0.29, 0.717) is 5.92 Å². The molecule has 4 heteroatoms. The van der Waals surface area contributed by atoms with Crippen LogP contribution in [0.5, 0.6) is 0 Å². The summed E-state index contributed by atoms with van der Waals surface area (Å²) in [6.45, 7) is 3.34. The van der Waals surface area contributed by atoms with Crippen LogP contribution in [0.2, 0.25) is 0 Å². The lowest BCUT2D eigenvalue weighted by Gasteiger charge is -2.32. The van der Waals surface area contributed by atoms with Crippen molar-refractivity contribution in [2.45, 2.75) is 25.3 Å². The van der Waals surface area contributed by atoms with Crippen LogP contribution >= 0.6 is 0 Å². The van der Waals surface area contributed by atoms with E-state index in [0.717, 1.165) is 25.3 Å². The second-order valence-electron chi connectivity index (χ2n) is 7.06. The molecule has 3 aromatic heterocycles. The van der Waals surface area contributed by atoms with Crippen molar-refractivity contribution in [1.29, 1.82) is 0 Å². The van der Waals surface area contributed by atoms with E-state index in [4.69, 9.17) is 0 Å². The van der Waals surface area contributed by atoms with E-state index in [9.17, 15) is 0 Å². The summed E-state index contributed by atoms with van der Waals surface area (Å²) in [5.74, 6) is 0.625. The van der Waals surface area contributed by atoms with Crippen LogP contribution in [-0.4, -0.2) is 32.4 Å². The summed E-state index contributed by atoms with van der Waals surface area (Å²) >= 11 is 0. The van der Waals surface area contributed by atoms with Gasteiger partial charge in [0.2, 0.25) is 0 Å². The van der Waals surface area contributed by atoms with Crippen LogP contribution in [-0.2, 0) is 6.54 Å². The average Bonchev–Trinajstić information content (AvgIpc) is 3.31. The predicted molar refractivity (Wildman–Crippen MR) is 101 cm³/mol. The maximum atomic E-state index is 4.41. The van der Waals surface area contributed by atoms with Crippen LogP contribution in [0.15, 0.2) is 61.1 Å². The summed E-state index contributed by atoms with van der Waals surface area (Å²) in [5, 5.41) is 1.29. The molecule has 0 unspecified atom stereocenters. The van der Waals surface area contributed by atoms with E-state index in [2.05, 4.69) is 67.9 Å². The Balaban J connectivity index is 1.28. The first-order chi connectivity index (χ1) is 12.4. The Hall–Kier alpha value is -2.59. The molecule has 1 N–H and O–H groups in total. The van der Waals surface area contributed by atoms with Crippen LogP contribution in [0.1, 0.15) is 30.0 Å². The number of pyridine rings is 1. The lowest BCUT2D eigenvalue weighted by atomic mass is 9.92. The summed E-state index contributed by atoms with van der Waals surface area (Å²) in [6.07, 6.45) is 8.41. The van der Waals surface area contributed by atoms with Gasteiger partial charge in [-0.3, -0.25) is 4.90 Å². The van der Waals surface area contributed by atoms with Crippen molar-refractivity contribution in [3.63, 3.8) is 0 Å². The highest BCUT2D eigenvalue weighted by molar-refractivity contribution is 5.79. The third kappa shape index (κ3) is 2.72. The summed E-state index contributed by atoms with van der Waals surface area (Å²) in [4.78, 5) is 10.3. The fourth-order valence-corrected chi connectivity index (χ4v) is 4.14. The maximum Gasteiger partial charge on any atom is 0.136 e. The second kappa shape index (κ2) is 6.05. The molecule has 4 heterocycles. The zero-order valence-corrected chi connectivity index (χ0v) is 14.2. The molecule has 1 aliphatic heterocycles. The van der Waals surface area contributed by atoms with Crippen molar-refractivity contribution in [1.82, 2.24) is 19.3 Å². The highest BCUT2D eigenvalue weighted by Crippen LogP contribution is 2.29. The number of likely N-dealkylation sites (tertiary alicyclic amines) is 1. The summed E-state index contributed by atoms with van der Waals surface area (Å²) in [5.41, 5.74) is 5.09. The molecule has 0 saturated carbocycles. The molecule has 0 radical (unpaired) electrons. The summed E-state index contributed by atoms with van der Waals surface area (Å²) < 4.78 is 2.25. The van der Waals surface area contributed by atoms with Crippen molar-refractivity contribution in [2.75, 3.05) is 13.1 Å². The topological polar surface area (TPSA) is 36.3 Å². The minimum Gasteiger partial charge on any atom is -0.361 e. The number of nitrogens with one attached hydrogen (secondary N) is 1. The third-order valence-corrected chi connectivity index (χ3v) is 5.49. The van der Waals surface area contributed by atoms with Gasteiger partial charge >= 0.3 is 0 Å². The van der Waals surface area contributed by atoms with Gasteiger partial charge in [0.1, 0.15) is 5.65 Å². The molecule has 25 heavy (non-hydrogen) atoms. The monoisotopic (exact) mass is 330 g/mol. The van der Waals surface area contributed by atoms with Gasteiger partial charge in [-0.05, 0) is 61.1 Å². The number of fused-ring (bicyclic) bond motifs is 2. The number of hydrogen-bond donors (Lipinski definition) is 1. The standard InChI is InChI=1S/C21H22N4/c1-2-20(25-13-10-23-21(25)3-1)18-7-11-24(12-8-18)15-16-4-5-17-6-9-22-19(17)14-16/h1-6,9-10,13-14,18,22H,7-8,11-12,15H2. The molecule has 0 atom stereocenters. The predicted octanol–water partition coefficient (Wildman–Crippen LogP) is 4.20. The molecular formula is C21H22N4. The molecule has 1 aliphatic rings. The van der Waals surface area contributed by atoms with Gasteiger partial charge in [-0.15, -0.1) is 0 Å². The van der Waals surface area contributed by atoms with Crippen molar-refractivity contribution in [2.24, 2.45) is 0 Å². The number of H-pyrrole nitrogens is 1. The minimum absolute atomic E-state index is 0.625. The van der Waals surface area contributed by atoms with Gasteiger partial charge in [-0.2, -0.15) is 0 Å². The highest BCUT2D eigenvalue weighted by atomic mass is 15.1. The van der Waals surface area contributed by atoms with Crippen LogP contribution in [0, 0.1) is 0 Å². The fraction of sp³-hybridized carbons (Fsp3) is 0.286. The van der Waals surface area contributed by atoms with Gasteiger partial charge in [0.05, 0.1) is 0 Å². The maximum absolute atomic E-state index is 4.41. The quantitative estimate of drug-likeness (QED) is 0.611. The first-order valence-corrected chi connectivity index (χ1v) is 9.07. The Labute approximate surface area is 147 Å². The number of piperidine rings is 1. The molecule has 0 aliphatic carbocycles. The van der Waals surface area contributed by atoms with E-state index in [1.54, 1.807) is 0 Å². The Kier molecular flexibility index (Phi) is 3.56. The Morgan fingerprint density at radius 3 is 2.92 bits per heavy atom. The van der Waals surface area contributed by atoms with Gasteiger partial charge in [0.25, 0.3) is 0 Å². The van der Waals surface area contributed by atoms with Gasteiger partial charge in [-0.1, -0.05) is 18.2 Å². The van der Waals surface area contributed by atoms with Gasteiger partial charge in [0.15, 0.2) is 0 Å². The number of nitrogens with zero attached hydrogens (tertiary/aromatic N) is 3. The lowest BCUT2D eigenvalue weighted by Crippen LogP contribution is -2.32. The van der Waals surface area contributed by atoms with E-state index in [1.165, 1.54) is 35.0 Å². The number of benzene rings is 1.